The molecular formula is C31H31N3O6. The summed E-state index contributed by atoms with van der Waals surface area (Å²) in [6.45, 7) is 4.11. The molecule has 3 aromatic carbocycles. The van der Waals surface area contributed by atoms with E-state index in [0.717, 1.165) is 33.8 Å². The van der Waals surface area contributed by atoms with E-state index < -0.39 is 11.5 Å². The van der Waals surface area contributed by atoms with Crippen LogP contribution in [-0.2, 0) is 11.3 Å². The van der Waals surface area contributed by atoms with E-state index in [1.165, 1.54) is 12.3 Å². The Hall–Kier alpha value is -4.92. The Morgan fingerprint density at radius 2 is 1.73 bits per heavy atom. The second-order valence-corrected chi connectivity index (χ2v) is 9.88. The van der Waals surface area contributed by atoms with Crippen LogP contribution in [-0.4, -0.2) is 38.7 Å². The van der Waals surface area contributed by atoms with Crippen LogP contribution < -0.4 is 29.7 Å². The van der Waals surface area contributed by atoms with Crippen LogP contribution in [0.15, 0.2) is 77.4 Å². The average Bonchev–Trinajstić information content (AvgIpc) is 3.50. The SMILES string of the molecule is COc1ccccc1NCc1c(-c2ccc(OC(=O)c3ccco3)cc2OC)ccc2c1N(C)C(=O)C(C)(C)N2. The molecule has 206 valence electrons. The van der Waals surface area contributed by atoms with Crippen molar-refractivity contribution in [3.8, 4) is 28.4 Å². The Balaban J connectivity index is 1.58. The quantitative estimate of drug-likeness (QED) is 0.208. The van der Waals surface area contributed by atoms with E-state index >= 15 is 0 Å². The molecule has 0 unspecified atom stereocenters. The molecule has 5 rings (SSSR count). The summed E-state index contributed by atoms with van der Waals surface area (Å²) in [6.07, 6.45) is 1.41. The number of amides is 1. The summed E-state index contributed by atoms with van der Waals surface area (Å²) in [7, 11) is 4.97. The predicted octanol–water partition coefficient (Wildman–Crippen LogP) is 5.96. The number of nitrogens with zero attached hydrogens (tertiary/aromatic N) is 1. The second-order valence-electron chi connectivity index (χ2n) is 9.88. The van der Waals surface area contributed by atoms with Gasteiger partial charge in [-0.1, -0.05) is 18.2 Å². The predicted molar refractivity (Wildman–Crippen MR) is 154 cm³/mol. The van der Waals surface area contributed by atoms with Gasteiger partial charge < -0.3 is 34.2 Å². The third-order valence-electron chi connectivity index (χ3n) is 6.86. The molecule has 0 saturated heterocycles. The number of nitrogens with one attached hydrogen (secondary N) is 2. The number of hydrogen-bond acceptors (Lipinski definition) is 8. The molecule has 0 atom stereocenters. The first kappa shape index (κ1) is 26.7. The van der Waals surface area contributed by atoms with Crippen molar-refractivity contribution < 1.29 is 28.2 Å². The number of methoxy groups -OCH3 is 2. The molecule has 0 spiro atoms. The largest absolute Gasteiger partial charge is 0.496 e. The Kier molecular flexibility index (Phi) is 7.13. The molecule has 1 aromatic heterocycles. The summed E-state index contributed by atoms with van der Waals surface area (Å²) in [6, 6.07) is 20.0. The van der Waals surface area contributed by atoms with Crippen molar-refractivity contribution in [2.24, 2.45) is 0 Å². The number of carbonyl (C=O) groups excluding carboxylic acids is 2. The van der Waals surface area contributed by atoms with Crippen LogP contribution in [0.4, 0.5) is 17.1 Å². The van der Waals surface area contributed by atoms with E-state index in [2.05, 4.69) is 10.6 Å². The van der Waals surface area contributed by atoms with Gasteiger partial charge in [-0.3, -0.25) is 4.79 Å². The fourth-order valence-corrected chi connectivity index (χ4v) is 4.95. The molecule has 4 aromatic rings. The molecule has 40 heavy (non-hydrogen) atoms. The standard InChI is InChI=1S/C31H31N3O6/c1-31(2)30(36)34(3)28-22(18-32-23-9-6-7-10-25(23)37-4)20(14-15-24(28)33-31)21-13-12-19(17-27(21)38-5)40-29(35)26-11-8-16-39-26/h6-17,32-33H,18H2,1-5H3. The lowest BCUT2D eigenvalue weighted by Gasteiger charge is -2.40. The number of likely N-dealkylation sites (N-methyl/N-ethyl adjacent to an activating group) is 1. The molecule has 2 heterocycles. The van der Waals surface area contributed by atoms with Crippen LogP contribution in [0.3, 0.4) is 0 Å². The number of carbonyl (C=O) groups is 2. The topological polar surface area (TPSA) is 102 Å². The molecule has 0 radical (unpaired) electrons. The first-order valence-electron chi connectivity index (χ1n) is 12.8. The third kappa shape index (κ3) is 4.93. The molecule has 1 amide bonds. The van der Waals surface area contributed by atoms with Crippen molar-refractivity contribution in [1.29, 1.82) is 0 Å². The normalized spacial score (nSPS) is 13.7. The molecule has 9 heteroatoms. The monoisotopic (exact) mass is 541 g/mol. The fraction of sp³-hybridized carbons (Fsp3) is 0.226. The minimum absolute atomic E-state index is 0.0529. The number of benzene rings is 3. The highest BCUT2D eigenvalue weighted by Gasteiger charge is 2.38. The van der Waals surface area contributed by atoms with E-state index in [4.69, 9.17) is 18.6 Å². The van der Waals surface area contributed by atoms with Gasteiger partial charge in [0.15, 0.2) is 0 Å². The van der Waals surface area contributed by atoms with E-state index in [1.807, 2.05) is 56.3 Å². The van der Waals surface area contributed by atoms with Crippen LogP contribution in [0.1, 0.15) is 30.0 Å². The van der Waals surface area contributed by atoms with Crippen LogP contribution in [0.2, 0.25) is 0 Å². The van der Waals surface area contributed by atoms with Crippen molar-refractivity contribution >= 4 is 28.9 Å². The number of ether oxygens (including phenoxy) is 3. The number of rotatable bonds is 8. The lowest BCUT2D eigenvalue weighted by molar-refractivity contribution is -0.121. The number of hydrogen-bond donors (Lipinski definition) is 2. The zero-order valence-electron chi connectivity index (χ0n) is 23.0. The van der Waals surface area contributed by atoms with Gasteiger partial charge in [0.2, 0.25) is 5.76 Å². The van der Waals surface area contributed by atoms with Crippen molar-refractivity contribution in [3.63, 3.8) is 0 Å². The highest BCUT2D eigenvalue weighted by Crippen LogP contribution is 2.45. The molecule has 0 aliphatic carbocycles. The summed E-state index contributed by atoms with van der Waals surface area (Å²) in [5.41, 5.74) is 4.16. The van der Waals surface area contributed by atoms with Gasteiger partial charge in [0, 0.05) is 30.8 Å². The van der Waals surface area contributed by atoms with E-state index in [-0.39, 0.29) is 11.7 Å². The van der Waals surface area contributed by atoms with E-state index in [9.17, 15) is 9.59 Å². The first-order chi connectivity index (χ1) is 19.2. The zero-order valence-corrected chi connectivity index (χ0v) is 23.0. The van der Waals surface area contributed by atoms with Gasteiger partial charge >= 0.3 is 5.97 Å². The van der Waals surface area contributed by atoms with Crippen molar-refractivity contribution in [2.45, 2.75) is 25.9 Å². The Morgan fingerprint density at radius 1 is 0.975 bits per heavy atom. The van der Waals surface area contributed by atoms with Crippen LogP contribution in [0.25, 0.3) is 11.1 Å². The minimum atomic E-state index is -0.756. The van der Waals surface area contributed by atoms with Gasteiger partial charge in [-0.25, -0.2) is 4.79 Å². The molecule has 0 bridgehead atoms. The van der Waals surface area contributed by atoms with Gasteiger partial charge in [0.25, 0.3) is 5.91 Å². The van der Waals surface area contributed by atoms with Crippen molar-refractivity contribution in [1.82, 2.24) is 0 Å². The smallest absolute Gasteiger partial charge is 0.379 e. The molecular weight excluding hydrogens is 510 g/mol. The van der Waals surface area contributed by atoms with Gasteiger partial charge in [0.05, 0.1) is 37.5 Å². The fourth-order valence-electron chi connectivity index (χ4n) is 4.95. The molecule has 0 saturated carbocycles. The lowest BCUT2D eigenvalue weighted by atomic mass is 9.91. The Labute approximate surface area is 232 Å². The maximum Gasteiger partial charge on any atom is 0.379 e. The van der Waals surface area contributed by atoms with Gasteiger partial charge in [-0.15, -0.1) is 0 Å². The number of furan rings is 1. The second kappa shape index (κ2) is 10.7. The Morgan fingerprint density at radius 3 is 2.45 bits per heavy atom. The maximum atomic E-state index is 13.3. The molecule has 0 fully saturated rings. The average molecular weight is 542 g/mol. The van der Waals surface area contributed by atoms with Crippen molar-refractivity contribution in [2.75, 3.05) is 36.8 Å². The highest BCUT2D eigenvalue weighted by molar-refractivity contribution is 6.09. The summed E-state index contributed by atoms with van der Waals surface area (Å²) in [5, 5.41) is 6.86. The summed E-state index contributed by atoms with van der Waals surface area (Å²) in [4.78, 5) is 27.4. The molecule has 9 nitrogen and oxygen atoms in total. The van der Waals surface area contributed by atoms with Crippen LogP contribution in [0, 0.1) is 0 Å². The van der Waals surface area contributed by atoms with E-state index in [1.54, 1.807) is 44.4 Å². The number of fused-ring (bicyclic) bond motifs is 1. The van der Waals surface area contributed by atoms with E-state index in [0.29, 0.717) is 23.8 Å². The molecule has 1 aliphatic heterocycles. The van der Waals surface area contributed by atoms with Crippen LogP contribution in [0.5, 0.6) is 17.2 Å². The maximum absolute atomic E-state index is 13.3. The summed E-state index contributed by atoms with van der Waals surface area (Å²) < 4.78 is 21.9. The molecule has 2 N–H and O–H groups in total. The van der Waals surface area contributed by atoms with Gasteiger partial charge in [-0.05, 0) is 61.9 Å². The zero-order chi connectivity index (χ0) is 28.4. The minimum Gasteiger partial charge on any atom is -0.496 e. The summed E-state index contributed by atoms with van der Waals surface area (Å²) >= 11 is 0. The van der Waals surface area contributed by atoms with Crippen LogP contribution >= 0.6 is 0 Å². The lowest BCUT2D eigenvalue weighted by Crippen LogP contribution is -2.52. The van der Waals surface area contributed by atoms with Crippen molar-refractivity contribution in [3.05, 3.63) is 84.3 Å². The number of para-hydroxylation sites is 2. The highest BCUT2D eigenvalue weighted by atomic mass is 16.5. The third-order valence-corrected chi connectivity index (χ3v) is 6.86. The van der Waals surface area contributed by atoms with Gasteiger partial charge in [-0.2, -0.15) is 0 Å². The van der Waals surface area contributed by atoms with Gasteiger partial charge in [0.1, 0.15) is 22.8 Å². The Bertz CT molecular complexity index is 1560. The number of esters is 1. The number of anilines is 3. The first-order valence-corrected chi connectivity index (χ1v) is 12.8. The molecule has 1 aliphatic rings. The summed E-state index contributed by atoms with van der Waals surface area (Å²) in [5.74, 6) is 0.959.